The van der Waals surface area contributed by atoms with E-state index in [-0.39, 0.29) is 34.8 Å². The molecule has 0 aliphatic carbocycles. The smallest absolute Gasteiger partial charge is 0.303 e. The molecule has 3 aromatic rings. The second kappa shape index (κ2) is 6.74. The SMILES string of the molecule is N[C@@H](CCC(=O)O)C(O)=c1c(O)c2c(O)c3cc(O)c(=O)cc3oc2cc1=O. The van der Waals surface area contributed by atoms with Crippen molar-refractivity contribution in [3.05, 3.63) is 43.9 Å². The summed E-state index contributed by atoms with van der Waals surface area (Å²) in [5.41, 5.74) is 3.63. The van der Waals surface area contributed by atoms with Gasteiger partial charge in [-0.1, -0.05) is 0 Å². The number of aromatic hydroxyl groups is 3. The lowest BCUT2D eigenvalue weighted by Gasteiger charge is -2.11. The molecule has 0 saturated heterocycles. The second-order valence-corrected chi connectivity index (χ2v) is 6.16. The van der Waals surface area contributed by atoms with Crippen LogP contribution in [-0.4, -0.2) is 37.5 Å². The minimum absolute atomic E-state index is 0.112. The number of hydrogen-bond donors (Lipinski definition) is 6. The van der Waals surface area contributed by atoms with Crippen molar-refractivity contribution >= 4 is 33.7 Å². The maximum Gasteiger partial charge on any atom is 0.303 e. The quantitative estimate of drug-likeness (QED) is 0.331. The molecule has 0 saturated carbocycles. The first-order chi connectivity index (χ1) is 13.1. The Kier molecular flexibility index (Phi) is 4.57. The standard InChI is InChI=1S/C18H15NO9/c19-7(1-2-13(23)24)17(26)14-10(22)5-12-15(18(14)27)16(25)6-3-8(20)9(21)4-11(6)28-12/h3-5,7,20,25-27H,1-2,19H2,(H,23,24)/t7-/m0/s1. The van der Waals surface area contributed by atoms with Crippen LogP contribution in [0.4, 0.5) is 0 Å². The number of carboxylic acids is 1. The highest BCUT2D eigenvalue weighted by Crippen LogP contribution is 2.37. The number of phenolic OH excluding ortho intramolecular Hbond substituents is 2. The average Bonchev–Trinajstić information content (AvgIpc) is 2.61. The van der Waals surface area contributed by atoms with E-state index in [4.69, 9.17) is 15.3 Å². The molecule has 146 valence electrons. The van der Waals surface area contributed by atoms with E-state index in [1.807, 2.05) is 0 Å². The lowest BCUT2D eigenvalue weighted by Crippen LogP contribution is -2.34. The number of phenols is 2. The van der Waals surface area contributed by atoms with E-state index in [1.165, 1.54) is 0 Å². The zero-order chi connectivity index (χ0) is 20.7. The Labute approximate surface area is 155 Å². The molecule has 7 N–H and O–H groups in total. The number of fused-ring (bicyclic) bond motifs is 2. The van der Waals surface area contributed by atoms with Crippen LogP contribution in [0.3, 0.4) is 0 Å². The van der Waals surface area contributed by atoms with Crippen LogP contribution in [0.5, 0.6) is 17.2 Å². The highest BCUT2D eigenvalue weighted by Gasteiger charge is 2.21. The summed E-state index contributed by atoms with van der Waals surface area (Å²) in [7, 11) is 0. The normalized spacial score (nSPS) is 13.6. The molecule has 1 heterocycles. The van der Waals surface area contributed by atoms with Crippen LogP contribution in [0, 0.1) is 0 Å². The van der Waals surface area contributed by atoms with Crippen molar-refractivity contribution in [2.45, 2.75) is 18.9 Å². The minimum atomic E-state index is -1.25. The van der Waals surface area contributed by atoms with E-state index in [0.717, 1.165) is 18.2 Å². The molecule has 10 heteroatoms. The van der Waals surface area contributed by atoms with Crippen molar-refractivity contribution in [1.82, 2.24) is 0 Å². The van der Waals surface area contributed by atoms with Gasteiger partial charge < -0.3 is 35.7 Å². The topological polar surface area (TPSA) is 192 Å². The van der Waals surface area contributed by atoms with E-state index in [9.17, 15) is 34.8 Å². The molecule has 10 nitrogen and oxygen atoms in total. The molecular formula is C18H15NO9. The molecular weight excluding hydrogens is 374 g/mol. The Morgan fingerprint density at radius 3 is 2.29 bits per heavy atom. The van der Waals surface area contributed by atoms with Crippen LogP contribution in [0.15, 0.2) is 32.2 Å². The average molecular weight is 389 g/mol. The minimum Gasteiger partial charge on any atom is -0.510 e. The Bertz CT molecular complexity index is 1290. The van der Waals surface area contributed by atoms with Gasteiger partial charge in [-0.05, 0) is 12.5 Å². The number of carbonyl (C=O) groups is 1. The molecule has 28 heavy (non-hydrogen) atoms. The van der Waals surface area contributed by atoms with Gasteiger partial charge in [-0.2, -0.15) is 0 Å². The predicted molar refractivity (Wildman–Crippen MR) is 97.4 cm³/mol. The van der Waals surface area contributed by atoms with Crippen LogP contribution in [0.2, 0.25) is 0 Å². The number of aliphatic carboxylic acids is 1. The fourth-order valence-electron chi connectivity index (χ4n) is 2.85. The third-order valence-corrected chi connectivity index (χ3v) is 4.28. The van der Waals surface area contributed by atoms with Crippen LogP contribution < -0.4 is 21.8 Å². The summed E-state index contributed by atoms with van der Waals surface area (Å²) in [6.07, 6.45) is -0.581. The van der Waals surface area contributed by atoms with Crippen LogP contribution >= 0.6 is 0 Å². The highest BCUT2D eigenvalue weighted by molar-refractivity contribution is 6.01. The van der Waals surface area contributed by atoms with Gasteiger partial charge in [0.1, 0.15) is 39.0 Å². The van der Waals surface area contributed by atoms with Gasteiger partial charge in [0, 0.05) is 18.6 Å². The molecule has 0 bridgehead atoms. The summed E-state index contributed by atoms with van der Waals surface area (Å²) < 4.78 is 5.37. The second-order valence-electron chi connectivity index (χ2n) is 6.16. The number of hydrogen-bond acceptors (Lipinski definition) is 9. The maximum atomic E-state index is 12.4. The number of benzene rings is 2. The van der Waals surface area contributed by atoms with Crippen molar-refractivity contribution in [3.8, 4) is 17.2 Å². The summed E-state index contributed by atoms with van der Waals surface area (Å²) in [6, 6.07) is 1.47. The monoisotopic (exact) mass is 389 g/mol. The molecule has 0 spiro atoms. The molecule has 0 radical (unpaired) electrons. The van der Waals surface area contributed by atoms with Crippen molar-refractivity contribution in [3.63, 3.8) is 0 Å². The van der Waals surface area contributed by atoms with Crippen molar-refractivity contribution in [1.29, 1.82) is 0 Å². The van der Waals surface area contributed by atoms with Crippen LogP contribution in [0.1, 0.15) is 12.8 Å². The van der Waals surface area contributed by atoms with Crippen molar-refractivity contribution in [2.75, 3.05) is 0 Å². The molecule has 0 aliphatic heterocycles. The first-order valence-electron chi connectivity index (χ1n) is 8.00. The number of nitrogens with two attached hydrogens (primary N) is 1. The molecule has 0 aliphatic rings. The van der Waals surface area contributed by atoms with Gasteiger partial charge in [-0.25, -0.2) is 0 Å². The molecule has 0 fully saturated rings. The van der Waals surface area contributed by atoms with Crippen LogP contribution in [-0.2, 0) is 4.79 Å². The Balaban J connectivity index is 2.37. The maximum absolute atomic E-state index is 12.4. The Morgan fingerprint density at radius 1 is 1.00 bits per heavy atom. The highest BCUT2D eigenvalue weighted by atomic mass is 16.4. The van der Waals surface area contributed by atoms with E-state index < -0.39 is 51.1 Å². The van der Waals surface area contributed by atoms with Gasteiger partial charge in [-0.15, -0.1) is 0 Å². The van der Waals surface area contributed by atoms with Crippen LogP contribution in [0.25, 0.3) is 27.7 Å². The third kappa shape index (κ3) is 3.05. The molecule has 1 aromatic heterocycles. The number of aliphatic hydroxyl groups is 1. The van der Waals surface area contributed by atoms with E-state index >= 15 is 0 Å². The van der Waals surface area contributed by atoms with Gasteiger partial charge in [0.15, 0.2) is 11.2 Å². The van der Waals surface area contributed by atoms with Crippen molar-refractivity contribution < 1.29 is 34.7 Å². The Morgan fingerprint density at radius 2 is 1.64 bits per heavy atom. The fourth-order valence-corrected chi connectivity index (χ4v) is 2.85. The third-order valence-electron chi connectivity index (χ3n) is 4.28. The summed E-state index contributed by atoms with van der Waals surface area (Å²) in [6.45, 7) is 0. The summed E-state index contributed by atoms with van der Waals surface area (Å²) in [5, 5.41) is 48.4. The molecule has 0 unspecified atom stereocenters. The molecule has 0 amide bonds. The largest absolute Gasteiger partial charge is 0.510 e. The van der Waals surface area contributed by atoms with Gasteiger partial charge in [-0.3, -0.25) is 14.4 Å². The first kappa shape index (κ1) is 19.0. The predicted octanol–water partition coefficient (Wildman–Crippen LogP) is 0.000400. The van der Waals surface area contributed by atoms with E-state index in [2.05, 4.69) is 0 Å². The lowest BCUT2D eigenvalue weighted by molar-refractivity contribution is -0.137. The number of carboxylic acid groups (broad SMARTS) is 1. The summed E-state index contributed by atoms with van der Waals surface area (Å²) >= 11 is 0. The molecule has 3 rings (SSSR count). The van der Waals surface area contributed by atoms with Gasteiger partial charge in [0.2, 0.25) is 5.43 Å². The van der Waals surface area contributed by atoms with Gasteiger partial charge >= 0.3 is 5.97 Å². The fraction of sp³-hybridized carbons (Fsp3) is 0.167. The Hall–Kier alpha value is -3.79. The zero-order valence-corrected chi connectivity index (χ0v) is 14.2. The van der Waals surface area contributed by atoms with E-state index in [0.29, 0.717) is 0 Å². The summed E-state index contributed by atoms with van der Waals surface area (Å²) in [5.74, 6) is -4.00. The molecule has 2 aromatic carbocycles. The summed E-state index contributed by atoms with van der Waals surface area (Å²) in [4.78, 5) is 34.5. The number of aliphatic hydroxyl groups excluding tert-OH is 1. The van der Waals surface area contributed by atoms with E-state index in [1.54, 1.807) is 0 Å². The number of rotatable bonds is 4. The zero-order valence-electron chi connectivity index (χ0n) is 14.2. The van der Waals surface area contributed by atoms with Gasteiger partial charge in [0.25, 0.3) is 0 Å². The van der Waals surface area contributed by atoms with Gasteiger partial charge in [0.05, 0.1) is 11.4 Å². The van der Waals surface area contributed by atoms with Crippen molar-refractivity contribution in [2.24, 2.45) is 5.73 Å². The lowest BCUT2D eigenvalue weighted by atomic mass is 10.0. The molecule has 1 atom stereocenters. The first-order valence-corrected chi connectivity index (χ1v) is 8.00.